The summed E-state index contributed by atoms with van der Waals surface area (Å²) in [6.07, 6.45) is 4.47. The van der Waals surface area contributed by atoms with E-state index in [1.807, 2.05) is 5.37 Å². The van der Waals surface area contributed by atoms with E-state index in [1.165, 1.54) is 12.2 Å². The van der Waals surface area contributed by atoms with Gasteiger partial charge in [0.25, 0.3) is 0 Å². The van der Waals surface area contributed by atoms with Crippen LogP contribution >= 0.6 is 11.4 Å². The van der Waals surface area contributed by atoms with E-state index in [1.54, 1.807) is 0 Å². The van der Waals surface area contributed by atoms with Gasteiger partial charge in [-0.1, -0.05) is 30.7 Å². The second kappa shape index (κ2) is 12.1. The fraction of sp³-hybridized carbons (Fsp3) is 0.462. The van der Waals surface area contributed by atoms with Gasteiger partial charge in [0.1, 0.15) is 13.2 Å². The molecular weight excluding hydrogens is 252 g/mol. The van der Waals surface area contributed by atoms with Crippen molar-refractivity contribution in [1.29, 1.82) is 0 Å². The molecule has 0 N–H and O–H groups in total. The number of hydrogen-bond donors (Lipinski definition) is 1. The van der Waals surface area contributed by atoms with Gasteiger partial charge in [-0.05, 0) is 12.2 Å². The topological polar surface area (TPSA) is 52.6 Å². The summed E-state index contributed by atoms with van der Waals surface area (Å²) in [4.78, 5) is 22.2. The largest absolute Gasteiger partial charge is 0.461 e. The SMILES string of the molecule is C=CCOC(=O)CCC=[SH]CCC(=O)OCC=C. The van der Waals surface area contributed by atoms with Gasteiger partial charge in [-0.2, -0.15) is 0 Å². The van der Waals surface area contributed by atoms with Crippen LogP contribution in [-0.2, 0) is 19.1 Å². The van der Waals surface area contributed by atoms with Crippen molar-refractivity contribution in [3.63, 3.8) is 0 Å². The second-order valence-electron chi connectivity index (χ2n) is 3.32. The zero-order valence-corrected chi connectivity index (χ0v) is 11.4. The van der Waals surface area contributed by atoms with Crippen LogP contribution in [-0.4, -0.2) is 36.3 Å². The number of carbonyl (C=O) groups is 2. The molecule has 0 aromatic carbocycles. The predicted molar refractivity (Wildman–Crippen MR) is 76.1 cm³/mol. The van der Waals surface area contributed by atoms with E-state index in [-0.39, 0.29) is 25.2 Å². The summed E-state index contributed by atoms with van der Waals surface area (Å²) < 4.78 is 9.64. The fourth-order valence-corrected chi connectivity index (χ4v) is 1.77. The number of esters is 2. The Morgan fingerprint density at radius 3 is 2.11 bits per heavy atom. The molecule has 0 heterocycles. The van der Waals surface area contributed by atoms with Crippen LogP contribution < -0.4 is 0 Å². The van der Waals surface area contributed by atoms with Crippen LogP contribution in [0, 0.1) is 0 Å². The minimum absolute atomic E-state index is 0.221. The number of hydrogen-bond acceptors (Lipinski definition) is 4. The minimum Gasteiger partial charge on any atom is -0.461 e. The summed E-state index contributed by atoms with van der Waals surface area (Å²) in [6.45, 7) is 7.43. The quantitative estimate of drug-likeness (QED) is 0.285. The maximum absolute atomic E-state index is 11.1. The van der Waals surface area contributed by atoms with Crippen LogP contribution in [0.15, 0.2) is 25.3 Å². The zero-order chi connectivity index (χ0) is 13.6. The van der Waals surface area contributed by atoms with Crippen LogP contribution in [0.3, 0.4) is 0 Å². The van der Waals surface area contributed by atoms with Gasteiger partial charge in [0.05, 0.1) is 6.42 Å². The van der Waals surface area contributed by atoms with Gasteiger partial charge in [0.15, 0.2) is 0 Å². The summed E-state index contributed by atoms with van der Waals surface area (Å²) in [5, 5.41) is 1.95. The smallest absolute Gasteiger partial charge is 0.306 e. The molecule has 0 aliphatic carbocycles. The number of ether oxygens (including phenoxy) is 2. The lowest BCUT2D eigenvalue weighted by molar-refractivity contribution is -0.142. The van der Waals surface area contributed by atoms with Crippen molar-refractivity contribution < 1.29 is 19.1 Å². The van der Waals surface area contributed by atoms with Gasteiger partial charge >= 0.3 is 11.9 Å². The molecule has 0 aliphatic rings. The fourth-order valence-electron chi connectivity index (χ4n) is 0.969. The van der Waals surface area contributed by atoms with Crippen molar-refractivity contribution in [3.05, 3.63) is 25.3 Å². The van der Waals surface area contributed by atoms with E-state index >= 15 is 0 Å². The molecule has 0 amide bonds. The van der Waals surface area contributed by atoms with Gasteiger partial charge < -0.3 is 9.47 Å². The number of thiol groups is 1. The average molecular weight is 272 g/mol. The summed E-state index contributed by atoms with van der Waals surface area (Å²) in [7, 11) is 0. The molecule has 0 rings (SSSR count). The van der Waals surface area contributed by atoms with Crippen LogP contribution in [0.2, 0.25) is 0 Å². The van der Waals surface area contributed by atoms with E-state index in [4.69, 9.17) is 9.47 Å². The Balaban J connectivity index is 3.48. The van der Waals surface area contributed by atoms with Crippen LogP contribution in [0.4, 0.5) is 0 Å². The molecule has 0 unspecified atom stereocenters. The normalized spacial score (nSPS) is 10.4. The molecule has 0 spiro atoms. The summed E-state index contributed by atoms with van der Waals surface area (Å²) in [5.74, 6) is 0.255. The van der Waals surface area contributed by atoms with Gasteiger partial charge in [0, 0.05) is 6.42 Å². The van der Waals surface area contributed by atoms with E-state index < -0.39 is 0 Å². The Hall–Kier alpha value is -1.36. The number of rotatable bonds is 10. The molecule has 0 radical (unpaired) electrons. The van der Waals surface area contributed by atoms with Crippen molar-refractivity contribution in [1.82, 2.24) is 0 Å². The molecule has 0 saturated heterocycles. The van der Waals surface area contributed by atoms with Crippen molar-refractivity contribution in [2.45, 2.75) is 19.3 Å². The number of carbonyl (C=O) groups excluding carboxylic acids is 2. The lowest BCUT2D eigenvalue weighted by atomic mass is 10.3. The first-order valence-corrected chi connectivity index (χ1v) is 6.87. The Kier molecular flexibility index (Phi) is 11.2. The minimum atomic E-state index is -0.230. The highest BCUT2D eigenvalue weighted by Crippen LogP contribution is 1.97. The monoisotopic (exact) mass is 272 g/mol. The van der Waals surface area contributed by atoms with E-state index in [9.17, 15) is 9.59 Å². The third-order valence-corrected chi connectivity index (χ3v) is 2.77. The molecule has 102 valence electrons. The van der Waals surface area contributed by atoms with Crippen LogP contribution in [0.25, 0.3) is 0 Å². The first-order chi connectivity index (χ1) is 8.70. The molecule has 0 fully saturated rings. The molecule has 0 saturated carbocycles. The zero-order valence-electron chi connectivity index (χ0n) is 10.5. The highest BCUT2D eigenvalue weighted by Gasteiger charge is 2.00. The third kappa shape index (κ3) is 11.1. The summed E-state index contributed by atoms with van der Waals surface area (Å²) in [6, 6.07) is 0. The van der Waals surface area contributed by atoms with Crippen LogP contribution in [0.1, 0.15) is 19.3 Å². The lowest BCUT2D eigenvalue weighted by Crippen LogP contribution is -2.05. The third-order valence-electron chi connectivity index (χ3n) is 1.78. The molecule has 5 heteroatoms. The Labute approximate surface area is 112 Å². The Bertz CT molecular complexity index is 280. The standard InChI is InChI=1S/C13H20O4S/c1-3-8-16-12(14)6-5-10-18-11-7-13(15)17-9-4-2/h3-4,10,18H,1-2,5-9,11H2. The predicted octanol–water partition coefficient (Wildman–Crippen LogP) is 1.88. The van der Waals surface area contributed by atoms with E-state index in [2.05, 4.69) is 13.2 Å². The Morgan fingerprint density at radius 1 is 1.00 bits per heavy atom. The average Bonchev–Trinajstić information content (AvgIpc) is 2.37. The molecule has 0 aliphatic heterocycles. The van der Waals surface area contributed by atoms with Crippen molar-refractivity contribution >= 4 is 28.7 Å². The first kappa shape index (κ1) is 16.6. The highest BCUT2D eigenvalue weighted by atomic mass is 32.1. The molecule has 4 nitrogen and oxygen atoms in total. The maximum Gasteiger partial charge on any atom is 0.306 e. The lowest BCUT2D eigenvalue weighted by Gasteiger charge is -1.99. The van der Waals surface area contributed by atoms with Crippen LogP contribution in [0.5, 0.6) is 0 Å². The molecule has 18 heavy (non-hydrogen) atoms. The van der Waals surface area contributed by atoms with Crippen molar-refractivity contribution in [3.8, 4) is 0 Å². The second-order valence-corrected chi connectivity index (χ2v) is 4.50. The van der Waals surface area contributed by atoms with Gasteiger partial charge in [-0.3, -0.25) is 9.59 Å². The molecule has 0 bridgehead atoms. The van der Waals surface area contributed by atoms with Crippen molar-refractivity contribution in [2.24, 2.45) is 0 Å². The van der Waals surface area contributed by atoms with Gasteiger partial charge in [0.2, 0.25) is 0 Å². The molecule has 0 aromatic heterocycles. The van der Waals surface area contributed by atoms with E-state index in [0.717, 1.165) is 11.4 Å². The molecular formula is C13H20O4S. The summed E-state index contributed by atoms with van der Waals surface area (Å²) in [5.41, 5.74) is 0. The highest BCUT2D eigenvalue weighted by molar-refractivity contribution is 7.97. The molecule has 0 aromatic rings. The van der Waals surface area contributed by atoms with Crippen molar-refractivity contribution in [2.75, 3.05) is 19.0 Å². The van der Waals surface area contributed by atoms with Gasteiger partial charge in [-0.25, -0.2) is 11.4 Å². The summed E-state index contributed by atoms with van der Waals surface area (Å²) >= 11 is 1.03. The Morgan fingerprint density at radius 2 is 1.56 bits per heavy atom. The molecule has 0 atom stereocenters. The van der Waals surface area contributed by atoms with E-state index in [0.29, 0.717) is 25.0 Å². The maximum atomic E-state index is 11.1. The first-order valence-electron chi connectivity index (χ1n) is 5.72. The van der Waals surface area contributed by atoms with Gasteiger partial charge in [-0.15, -0.1) is 0 Å².